The molecule has 1 aliphatic rings. The SMILES string of the molecule is O=C(COc1ccc2c(c1)CCC2)Nc1ccc(F)c(Cl)c1. The second-order valence-corrected chi connectivity index (χ2v) is 5.66. The molecule has 1 aliphatic carbocycles. The largest absolute Gasteiger partial charge is 0.484 e. The highest BCUT2D eigenvalue weighted by Gasteiger charge is 2.12. The molecule has 0 saturated heterocycles. The van der Waals surface area contributed by atoms with Crippen LogP contribution in [-0.2, 0) is 17.6 Å². The normalized spacial score (nSPS) is 12.8. The van der Waals surface area contributed by atoms with Crippen LogP contribution in [0.15, 0.2) is 36.4 Å². The van der Waals surface area contributed by atoms with Gasteiger partial charge in [0.15, 0.2) is 6.61 Å². The van der Waals surface area contributed by atoms with Gasteiger partial charge in [-0.3, -0.25) is 4.79 Å². The Morgan fingerprint density at radius 1 is 1.18 bits per heavy atom. The van der Waals surface area contributed by atoms with Crippen LogP contribution in [0.1, 0.15) is 17.5 Å². The van der Waals surface area contributed by atoms with Crippen molar-refractivity contribution in [3.8, 4) is 5.75 Å². The van der Waals surface area contributed by atoms with Crippen molar-refractivity contribution in [2.75, 3.05) is 11.9 Å². The van der Waals surface area contributed by atoms with Gasteiger partial charge in [-0.2, -0.15) is 0 Å². The summed E-state index contributed by atoms with van der Waals surface area (Å²) < 4.78 is 18.5. The molecule has 0 fully saturated rings. The van der Waals surface area contributed by atoms with E-state index in [-0.39, 0.29) is 17.5 Å². The quantitative estimate of drug-likeness (QED) is 0.925. The molecule has 0 bridgehead atoms. The Kier molecular flexibility index (Phi) is 4.29. The Morgan fingerprint density at radius 3 is 2.82 bits per heavy atom. The maximum atomic E-state index is 13.0. The van der Waals surface area contributed by atoms with Crippen LogP contribution in [0.5, 0.6) is 5.75 Å². The summed E-state index contributed by atoms with van der Waals surface area (Å²) in [5.41, 5.74) is 3.09. The monoisotopic (exact) mass is 319 g/mol. The van der Waals surface area contributed by atoms with Crippen molar-refractivity contribution in [3.63, 3.8) is 0 Å². The molecule has 0 aliphatic heterocycles. The number of amides is 1. The van der Waals surface area contributed by atoms with Gasteiger partial charge in [0.2, 0.25) is 0 Å². The standard InChI is InChI=1S/C17H15ClFNO2/c18-15-9-13(5-7-16(15)19)20-17(21)10-22-14-6-4-11-2-1-3-12(11)8-14/h4-9H,1-3,10H2,(H,20,21). The van der Waals surface area contributed by atoms with Gasteiger partial charge in [0.05, 0.1) is 5.02 Å². The molecule has 1 amide bonds. The van der Waals surface area contributed by atoms with Crippen LogP contribution in [0.4, 0.5) is 10.1 Å². The van der Waals surface area contributed by atoms with Crippen molar-refractivity contribution < 1.29 is 13.9 Å². The molecule has 3 nitrogen and oxygen atoms in total. The number of hydrogen-bond donors (Lipinski definition) is 1. The Bertz CT molecular complexity index is 718. The van der Waals surface area contributed by atoms with Gasteiger partial charge < -0.3 is 10.1 Å². The fourth-order valence-electron chi connectivity index (χ4n) is 2.56. The number of rotatable bonds is 4. The first-order chi connectivity index (χ1) is 10.6. The maximum Gasteiger partial charge on any atom is 0.262 e. The van der Waals surface area contributed by atoms with Crippen LogP contribution >= 0.6 is 11.6 Å². The van der Waals surface area contributed by atoms with Crippen molar-refractivity contribution in [3.05, 3.63) is 58.4 Å². The van der Waals surface area contributed by atoms with Gasteiger partial charge in [0, 0.05) is 5.69 Å². The number of carbonyl (C=O) groups excluding carboxylic acids is 1. The molecule has 5 heteroatoms. The second kappa shape index (κ2) is 6.36. The molecule has 22 heavy (non-hydrogen) atoms. The minimum absolute atomic E-state index is 0.0302. The number of benzene rings is 2. The van der Waals surface area contributed by atoms with Gasteiger partial charge in [0.1, 0.15) is 11.6 Å². The van der Waals surface area contributed by atoms with E-state index in [1.165, 1.54) is 35.7 Å². The number of hydrogen-bond acceptors (Lipinski definition) is 2. The third-order valence-electron chi connectivity index (χ3n) is 3.64. The summed E-state index contributed by atoms with van der Waals surface area (Å²) in [6.45, 7) is -0.103. The van der Waals surface area contributed by atoms with Crippen LogP contribution < -0.4 is 10.1 Å². The summed E-state index contributed by atoms with van der Waals surface area (Å²) in [5.74, 6) is -0.148. The van der Waals surface area contributed by atoms with Gasteiger partial charge >= 0.3 is 0 Å². The molecule has 0 atom stereocenters. The van der Waals surface area contributed by atoms with E-state index in [0.717, 1.165) is 12.8 Å². The lowest BCUT2D eigenvalue weighted by molar-refractivity contribution is -0.118. The van der Waals surface area contributed by atoms with E-state index in [2.05, 4.69) is 11.4 Å². The zero-order chi connectivity index (χ0) is 15.5. The third-order valence-corrected chi connectivity index (χ3v) is 3.93. The molecule has 2 aromatic carbocycles. The molecule has 0 saturated carbocycles. The average molecular weight is 320 g/mol. The number of fused-ring (bicyclic) bond motifs is 1. The first-order valence-corrected chi connectivity index (χ1v) is 7.49. The summed E-state index contributed by atoms with van der Waals surface area (Å²) >= 11 is 5.67. The Labute approximate surface area is 133 Å². The van der Waals surface area contributed by atoms with Gasteiger partial charge in [-0.15, -0.1) is 0 Å². The molecular formula is C17H15ClFNO2. The van der Waals surface area contributed by atoms with Crippen molar-refractivity contribution in [2.24, 2.45) is 0 Å². The van der Waals surface area contributed by atoms with Gasteiger partial charge in [-0.25, -0.2) is 4.39 Å². The minimum Gasteiger partial charge on any atom is -0.484 e. The number of halogens is 2. The molecule has 114 valence electrons. The Hall–Kier alpha value is -2.07. The zero-order valence-corrected chi connectivity index (χ0v) is 12.6. The summed E-state index contributed by atoms with van der Waals surface area (Å²) in [6, 6.07) is 9.95. The topological polar surface area (TPSA) is 38.3 Å². The molecule has 3 rings (SSSR count). The predicted octanol–water partition coefficient (Wildman–Crippen LogP) is 3.99. The number of ether oxygens (including phenoxy) is 1. The summed E-state index contributed by atoms with van der Waals surface area (Å²) in [5, 5.41) is 2.59. The highest BCUT2D eigenvalue weighted by Crippen LogP contribution is 2.26. The second-order valence-electron chi connectivity index (χ2n) is 5.25. The van der Waals surface area contributed by atoms with E-state index in [0.29, 0.717) is 11.4 Å². The van der Waals surface area contributed by atoms with Crippen molar-refractivity contribution in [1.82, 2.24) is 0 Å². The molecule has 0 unspecified atom stereocenters. The van der Waals surface area contributed by atoms with Crippen molar-refractivity contribution >= 4 is 23.2 Å². The smallest absolute Gasteiger partial charge is 0.262 e. The molecule has 2 aromatic rings. The highest BCUT2D eigenvalue weighted by molar-refractivity contribution is 6.31. The van der Waals surface area contributed by atoms with E-state index >= 15 is 0 Å². The van der Waals surface area contributed by atoms with E-state index in [1.54, 1.807) is 0 Å². The fourth-order valence-corrected chi connectivity index (χ4v) is 2.74. The number of nitrogens with one attached hydrogen (secondary N) is 1. The van der Waals surface area contributed by atoms with Crippen molar-refractivity contribution in [2.45, 2.75) is 19.3 Å². The highest BCUT2D eigenvalue weighted by atomic mass is 35.5. The molecule has 0 heterocycles. The summed E-state index contributed by atoms with van der Waals surface area (Å²) in [7, 11) is 0. The number of anilines is 1. The summed E-state index contributed by atoms with van der Waals surface area (Å²) in [4.78, 5) is 11.8. The van der Waals surface area contributed by atoms with E-state index in [9.17, 15) is 9.18 Å². The van der Waals surface area contributed by atoms with Gasteiger partial charge in [-0.05, 0) is 60.7 Å². The van der Waals surface area contributed by atoms with E-state index in [1.807, 2.05) is 12.1 Å². The van der Waals surface area contributed by atoms with Crippen LogP contribution in [0, 0.1) is 5.82 Å². The number of carbonyl (C=O) groups is 1. The van der Waals surface area contributed by atoms with E-state index in [4.69, 9.17) is 16.3 Å². The lowest BCUT2D eigenvalue weighted by Crippen LogP contribution is -2.20. The van der Waals surface area contributed by atoms with Gasteiger partial charge in [-0.1, -0.05) is 17.7 Å². The molecule has 0 aromatic heterocycles. The first-order valence-electron chi connectivity index (χ1n) is 7.11. The summed E-state index contributed by atoms with van der Waals surface area (Å²) in [6.07, 6.45) is 3.35. The zero-order valence-electron chi connectivity index (χ0n) is 11.9. The molecule has 1 N–H and O–H groups in total. The minimum atomic E-state index is -0.519. The van der Waals surface area contributed by atoms with Crippen molar-refractivity contribution in [1.29, 1.82) is 0 Å². The predicted molar refractivity (Wildman–Crippen MR) is 84.0 cm³/mol. The fraction of sp³-hybridized carbons (Fsp3) is 0.235. The average Bonchev–Trinajstić information content (AvgIpc) is 2.96. The molecular weight excluding hydrogens is 305 g/mol. The molecule has 0 spiro atoms. The van der Waals surface area contributed by atoms with Gasteiger partial charge in [0.25, 0.3) is 5.91 Å². The lowest BCUT2D eigenvalue weighted by Gasteiger charge is -2.09. The molecule has 0 radical (unpaired) electrons. The van der Waals surface area contributed by atoms with E-state index < -0.39 is 5.82 Å². The van der Waals surface area contributed by atoms with Crippen LogP contribution in [0.3, 0.4) is 0 Å². The third kappa shape index (κ3) is 3.39. The van der Waals surface area contributed by atoms with Crippen LogP contribution in [0.25, 0.3) is 0 Å². The lowest BCUT2D eigenvalue weighted by atomic mass is 10.1. The van der Waals surface area contributed by atoms with Crippen LogP contribution in [-0.4, -0.2) is 12.5 Å². The Balaban J connectivity index is 1.57. The Morgan fingerprint density at radius 2 is 2.00 bits per heavy atom. The number of aryl methyl sites for hydroxylation is 2. The maximum absolute atomic E-state index is 13.0. The van der Waals surface area contributed by atoms with Crippen LogP contribution in [0.2, 0.25) is 5.02 Å². The first kappa shape index (κ1) is 14.9.